The van der Waals surface area contributed by atoms with Gasteiger partial charge in [-0.15, -0.1) is 0 Å². The molecule has 0 fully saturated rings. The molecule has 1 aliphatic heterocycles. The molecule has 8 heteroatoms. The van der Waals surface area contributed by atoms with Gasteiger partial charge in [0.1, 0.15) is 24.5 Å². The Bertz CT molecular complexity index is 785. The largest absolute Gasteiger partial charge is 0.490 e. The molecule has 1 N–H and O–H groups in total. The Kier molecular flexibility index (Phi) is 4.93. The van der Waals surface area contributed by atoms with Crippen LogP contribution in [0.4, 0.5) is 0 Å². The zero-order chi connectivity index (χ0) is 18.2. The average Bonchev–Trinajstić information content (AvgIpc) is 3.14. The summed E-state index contributed by atoms with van der Waals surface area (Å²) >= 11 is 12.3. The van der Waals surface area contributed by atoms with Gasteiger partial charge in [0.25, 0.3) is 0 Å². The Balaban J connectivity index is 1.87. The minimum atomic E-state index is -0.336. The van der Waals surface area contributed by atoms with Gasteiger partial charge in [0.15, 0.2) is 0 Å². The molecule has 1 aliphatic rings. The zero-order valence-electron chi connectivity index (χ0n) is 14.3. The molecule has 0 saturated heterocycles. The van der Waals surface area contributed by atoms with Gasteiger partial charge in [-0.2, -0.15) is 5.10 Å². The van der Waals surface area contributed by atoms with E-state index in [9.17, 15) is 5.21 Å². The molecule has 1 aromatic carbocycles. The Hall–Kier alpha value is -1.79. The molecule has 2 unspecified atom stereocenters. The first-order valence-electron chi connectivity index (χ1n) is 8.00. The van der Waals surface area contributed by atoms with Crippen molar-refractivity contribution in [3.05, 3.63) is 40.4 Å². The number of fused-ring (bicyclic) bond motifs is 1. The van der Waals surface area contributed by atoms with Crippen molar-refractivity contribution in [2.24, 2.45) is 10.6 Å². The van der Waals surface area contributed by atoms with Crippen molar-refractivity contribution in [1.29, 1.82) is 0 Å². The maximum atomic E-state index is 9.61. The van der Waals surface area contributed by atoms with Crippen LogP contribution in [0.15, 0.2) is 29.9 Å². The third kappa shape index (κ3) is 3.75. The summed E-state index contributed by atoms with van der Waals surface area (Å²) in [4.78, 5) is 4.02. The normalized spacial score (nSPS) is 18.8. The summed E-state index contributed by atoms with van der Waals surface area (Å²) < 4.78 is 7.73. The summed E-state index contributed by atoms with van der Waals surface area (Å²) in [6.07, 6.45) is 4.19. The highest BCUT2D eigenvalue weighted by Gasteiger charge is 2.35. The van der Waals surface area contributed by atoms with Crippen LogP contribution in [0.25, 0.3) is 0 Å². The fourth-order valence-electron chi connectivity index (χ4n) is 3.15. The Morgan fingerprint density at radius 2 is 2.20 bits per heavy atom. The molecule has 2 heterocycles. The fraction of sp³-hybridized carbons (Fsp3) is 0.471. The van der Waals surface area contributed by atoms with E-state index < -0.39 is 0 Å². The molecule has 0 amide bonds. The second kappa shape index (κ2) is 6.84. The molecule has 2 atom stereocenters. The molecule has 0 spiro atoms. The van der Waals surface area contributed by atoms with Crippen LogP contribution in [-0.2, 0) is 6.42 Å². The summed E-state index contributed by atoms with van der Waals surface area (Å²) in [5.41, 5.74) is 1.23. The quantitative estimate of drug-likeness (QED) is 0.483. The zero-order valence-corrected chi connectivity index (χ0v) is 15.8. The van der Waals surface area contributed by atoms with Gasteiger partial charge in [0.05, 0.1) is 11.8 Å². The first kappa shape index (κ1) is 18.0. The number of benzene rings is 1. The Labute approximate surface area is 156 Å². The molecular formula is C17H20Cl2N4O2. The van der Waals surface area contributed by atoms with Crippen molar-refractivity contribution in [3.8, 4) is 5.75 Å². The molecule has 1 aromatic heterocycles. The van der Waals surface area contributed by atoms with Crippen LogP contribution >= 0.6 is 23.2 Å². The highest BCUT2D eigenvalue weighted by atomic mass is 35.5. The van der Waals surface area contributed by atoms with E-state index in [1.165, 1.54) is 6.33 Å². The summed E-state index contributed by atoms with van der Waals surface area (Å²) in [6.45, 7) is 5.98. The van der Waals surface area contributed by atoms with Gasteiger partial charge in [-0.05, 0) is 12.1 Å². The lowest BCUT2D eigenvalue weighted by molar-refractivity contribution is 0.200. The number of nitrogens with zero attached hydrogens (tertiary/aromatic N) is 4. The summed E-state index contributed by atoms with van der Waals surface area (Å²) in [5.74, 6) is 0.707. The van der Waals surface area contributed by atoms with Crippen molar-refractivity contribution >= 4 is 28.9 Å². The van der Waals surface area contributed by atoms with E-state index in [1.54, 1.807) is 23.1 Å². The van der Waals surface area contributed by atoms with Gasteiger partial charge in [-0.25, -0.2) is 9.67 Å². The van der Waals surface area contributed by atoms with Crippen LogP contribution in [0.5, 0.6) is 5.75 Å². The van der Waals surface area contributed by atoms with Crippen LogP contribution in [0.2, 0.25) is 10.0 Å². The predicted molar refractivity (Wildman–Crippen MR) is 96.9 cm³/mol. The minimum Gasteiger partial charge on any atom is -0.490 e. The standard InChI is InChI=1S/C17H20Cl2N4O2/c1-17(2,3)16(22-24)14(23-9-20-8-21-23)7-11-6-12-13(19)4-10(18)5-15(12)25-11/h4-5,8-9,11,14,24H,6-7H2,1-3H3. The maximum absolute atomic E-state index is 9.61. The lowest BCUT2D eigenvalue weighted by atomic mass is 9.83. The minimum absolute atomic E-state index is 0.126. The third-order valence-electron chi connectivity index (χ3n) is 4.28. The van der Waals surface area contributed by atoms with E-state index >= 15 is 0 Å². The van der Waals surface area contributed by atoms with Gasteiger partial charge >= 0.3 is 0 Å². The van der Waals surface area contributed by atoms with E-state index in [2.05, 4.69) is 15.2 Å². The molecule has 25 heavy (non-hydrogen) atoms. The highest BCUT2D eigenvalue weighted by Crippen LogP contribution is 2.40. The SMILES string of the molecule is CC(C)(C)C(=NO)C(CC1Cc2c(Cl)cc(Cl)cc2O1)n1cncn1. The summed E-state index contributed by atoms with van der Waals surface area (Å²) in [5, 5.41) is 18.6. The molecular weight excluding hydrogens is 363 g/mol. The molecule has 0 radical (unpaired) electrons. The molecule has 2 aromatic rings. The summed E-state index contributed by atoms with van der Waals surface area (Å²) in [7, 11) is 0. The number of aromatic nitrogens is 3. The van der Waals surface area contributed by atoms with E-state index in [-0.39, 0.29) is 17.6 Å². The van der Waals surface area contributed by atoms with Crippen molar-refractivity contribution in [1.82, 2.24) is 14.8 Å². The molecule has 0 aliphatic carbocycles. The highest BCUT2D eigenvalue weighted by molar-refractivity contribution is 6.35. The monoisotopic (exact) mass is 382 g/mol. The number of oxime groups is 1. The first-order valence-corrected chi connectivity index (χ1v) is 8.76. The second-order valence-electron chi connectivity index (χ2n) is 7.17. The Morgan fingerprint density at radius 1 is 1.44 bits per heavy atom. The van der Waals surface area contributed by atoms with Crippen LogP contribution in [-0.4, -0.2) is 31.8 Å². The van der Waals surface area contributed by atoms with Gasteiger partial charge in [0.2, 0.25) is 0 Å². The predicted octanol–water partition coefficient (Wildman–Crippen LogP) is 4.40. The van der Waals surface area contributed by atoms with Gasteiger partial charge < -0.3 is 9.94 Å². The first-order chi connectivity index (χ1) is 11.8. The lowest BCUT2D eigenvalue weighted by Gasteiger charge is -2.29. The van der Waals surface area contributed by atoms with Gasteiger partial charge in [-0.1, -0.05) is 49.1 Å². The van der Waals surface area contributed by atoms with Crippen molar-refractivity contribution in [2.75, 3.05) is 0 Å². The Morgan fingerprint density at radius 3 is 2.80 bits per heavy atom. The van der Waals surface area contributed by atoms with Gasteiger partial charge in [0, 0.05) is 33.9 Å². The fourth-order valence-corrected chi connectivity index (χ4v) is 3.70. The van der Waals surface area contributed by atoms with Crippen LogP contribution < -0.4 is 4.74 Å². The van der Waals surface area contributed by atoms with Crippen LogP contribution in [0.1, 0.15) is 38.8 Å². The van der Waals surface area contributed by atoms with Crippen LogP contribution in [0.3, 0.4) is 0 Å². The number of hydrogen-bond acceptors (Lipinski definition) is 5. The number of ether oxygens (including phenoxy) is 1. The third-order valence-corrected chi connectivity index (χ3v) is 4.83. The van der Waals surface area contributed by atoms with Crippen molar-refractivity contribution in [3.63, 3.8) is 0 Å². The average molecular weight is 383 g/mol. The molecule has 0 saturated carbocycles. The summed E-state index contributed by atoms with van der Waals surface area (Å²) in [6, 6.07) is 3.22. The van der Waals surface area contributed by atoms with E-state index in [1.807, 2.05) is 20.8 Å². The molecule has 134 valence electrons. The number of hydrogen-bond donors (Lipinski definition) is 1. The molecule has 3 rings (SSSR count). The van der Waals surface area contributed by atoms with Crippen LogP contribution in [0, 0.1) is 5.41 Å². The second-order valence-corrected chi connectivity index (χ2v) is 8.01. The molecule has 0 bridgehead atoms. The van der Waals surface area contributed by atoms with E-state index in [0.29, 0.717) is 34.3 Å². The van der Waals surface area contributed by atoms with Crippen molar-refractivity contribution < 1.29 is 9.94 Å². The maximum Gasteiger partial charge on any atom is 0.137 e. The van der Waals surface area contributed by atoms with Crippen molar-refractivity contribution in [2.45, 2.75) is 45.8 Å². The number of halogens is 2. The lowest BCUT2D eigenvalue weighted by Crippen LogP contribution is -2.34. The topological polar surface area (TPSA) is 72.5 Å². The van der Waals surface area contributed by atoms with E-state index in [0.717, 1.165) is 5.56 Å². The number of rotatable bonds is 4. The van der Waals surface area contributed by atoms with E-state index in [4.69, 9.17) is 27.9 Å². The smallest absolute Gasteiger partial charge is 0.137 e. The van der Waals surface area contributed by atoms with Gasteiger partial charge in [-0.3, -0.25) is 0 Å². The molecule has 6 nitrogen and oxygen atoms in total.